The van der Waals surface area contributed by atoms with E-state index in [1.807, 2.05) is 24.6 Å². The van der Waals surface area contributed by atoms with Crippen LogP contribution >= 0.6 is 24.0 Å². The summed E-state index contributed by atoms with van der Waals surface area (Å²) in [6.07, 6.45) is 12.2. The Kier molecular flexibility index (Phi) is 4.88. The van der Waals surface area contributed by atoms with Gasteiger partial charge in [0.25, 0.3) is 5.91 Å². The zero-order valence-corrected chi connectivity index (χ0v) is 20.3. The van der Waals surface area contributed by atoms with E-state index in [2.05, 4.69) is 36.5 Å². The van der Waals surface area contributed by atoms with Crippen molar-refractivity contribution >= 4 is 40.3 Å². The zero-order chi connectivity index (χ0) is 22.0. The lowest BCUT2D eigenvalue weighted by molar-refractivity contribution is -0.123. The van der Waals surface area contributed by atoms with Crippen LogP contribution < -0.4 is 0 Å². The van der Waals surface area contributed by atoms with Gasteiger partial charge in [0.15, 0.2) is 0 Å². The van der Waals surface area contributed by atoms with Crippen LogP contribution in [0.25, 0.3) is 11.8 Å². The smallest absolute Gasteiger partial charge is 0.266 e. The van der Waals surface area contributed by atoms with Crippen molar-refractivity contribution in [2.75, 3.05) is 0 Å². The van der Waals surface area contributed by atoms with Crippen molar-refractivity contribution < 1.29 is 4.79 Å². The maximum Gasteiger partial charge on any atom is 0.266 e. The fourth-order valence-electron chi connectivity index (χ4n) is 7.09. The van der Waals surface area contributed by atoms with E-state index in [1.165, 1.54) is 56.0 Å². The number of nitrogens with zero attached hydrogens (tertiary/aromatic N) is 3. The van der Waals surface area contributed by atoms with Gasteiger partial charge in [0.05, 0.1) is 16.3 Å². The van der Waals surface area contributed by atoms with Crippen molar-refractivity contribution in [1.29, 1.82) is 0 Å². The van der Waals surface area contributed by atoms with Gasteiger partial charge >= 0.3 is 0 Å². The van der Waals surface area contributed by atoms with Crippen LogP contribution in [-0.4, -0.2) is 30.9 Å². The average Bonchev–Trinajstić information content (AvgIpc) is 3.29. The lowest BCUT2D eigenvalue weighted by Gasteiger charge is -2.56. The molecular weight excluding hydrogens is 434 g/mol. The molecule has 0 unspecified atom stereocenters. The minimum absolute atomic E-state index is 0.0268. The molecule has 5 aliphatic rings. The van der Waals surface area contributed by atoms with Crippen LogP contribution in [-0.2, 0) is 10.2 Å². The molecule has 1 aromatic heterocycles. The van der Waals surface area contributed by atoms with Gasteiger partial charge < -0.3 is 0 Å². The van der Waals surface area contributed by atoms with Gasteiger partial charge in [-0.15, -0.1) is 0 Å². The fourth-order valence-corrected chi connectivity index (χ4v) is 8.60. The summed E-state index contributed by atoms with van der Waals surface area (Å²) in [6, 6.07) is 10.4. The Labute approximate surface area is 199 Å². The Morgan fingerprint density at radius 1 is 1.09 bits per heavy atom. The van der Waals surface area contributed by atoms with E-state index in [0.717, 1.165) is 33.9 Å². The fraction of sp³-hybridized carbons (Fsp3) is 0.500. The van der Waals surface area contributed by atoms with E-state index in [9.17, 15) is 4.79 Å². The van der Waals surface area contributed by atoms with Crippen molar-refractivity contribution in [2.24, 2.45) is 17.8 Å². The Bertz CT molecular complexity index is 1080. The molecule has 4 nitrogen and oxygen atoms in total. The Morgan fingerprint density at radius 3 is 2.28 bits per heavy atom. The van der Waals surface area contributed by atoms with Crippen LogP contribution in [0.1, 0.15) is 63.6 Å². The van der Waals surface area contributed by atoms with Crippen LogP contribution in [0.15, 0.2) is 41.4 Å². The minimum Gasteiger partial charge on any atom is -0.290 e. The summed E-state index contributed by atoms with van der Waals surface area (Å²) in [7, 11) is 0. The second kappa shape index (κ2) is 7.56. The number of hydrogen-bond acceptors (Lipinski definition) is 4. The summed E-state index contributed by atoms with van der Waals surface area (Å²) in [5, 5.41) is 5.22. The number of thioether (sulfide) groups is 1. The van der Waals surface area contributed by atoms with Gasteiger partial charge in [-0.25, -0.2) is 4.68 Å². The van der Waals surface area contributed by atoms with Gasteiger partial charge in [-0.3, -0.25) is 9.69 Å². The van der Waals surface area contributed by atoms with Crippen molar-refractivity contribution in [3.05, 3.63) is 52.7 Å². The van der Waals surface area contributed by atoms with Gasteiger partial charge in [-0.05, 0) is 88.3 Å². The minimum atomic E-state index is 0.0268. The molecule has 0 spiro atoms. The molecule has 1 amide bonds. The largest absolute Gasteiger partial charge is 0.290 e. The van der Waals surface area contributed by atoms with E-state index in [-0.39, 0.29) is 17.4 Å². The molecule has 2 aromatic rings. The SMILES string of the molecule is CC(C)N1C(=O)C(=Cc2cn(-c3ccccc3)nc2C23CC4CC(CC(C4)C2)C3)SC1=S. The number of benzene rings is 1. The Hall–Kier alpha value is -1.92. The molecule has 1 aliphatic heterocycles. The van der Waals surface area contributed by atoms with Crippen LogP contribution in [0, 0.1) is 17.8 Å². The molecule has 1 aromatic carbocycles. The highest BCUT2D eigenvalue weighted by Gasteiger charge is 2.53. The molecule has 1 saturated heterocycles. The predicted molar refractivity (Wildman–Crippen MR) is 134 cm³/mol. The first-order chi connectivity index (χ1) is 15.4. The molecule has 4 saturated carbocycles. The van der Waals surface area contributed by atoms with Crippen LogP contribution in [0.2, 0.25) is 0 Å². The van der Waals surface area contributed by atoms with Crippen molar-refractivity contribution in [3.8, 4) is 5.69 Å². The Balaban J connectivity index is 1.46. The lowest BCUT2D eigenvalue weighted by Crippen LogP contribution is -2.49. The first-order valence-electron chi connectivity index (χ1n) is 11.8. The van der Waals surface area contributed by atoms with E-state index >= 15 is 0 Å². The van der Waals surface area contributed by atoms with E-state index < -0.39 is 0 Å². The van der Waals surface area contributed by atoms with Gasteiger partial charge in [0.1, 0.15) is 4.32 Å². The van der Waals surface area contributed by atoms with Gasteiger partial charge in [0.2, 0.25) is 0 Å². The molecule has 6 heteroatoms. The molecular formula is C26H29N3OS2. The first kappa shape index (κ1) is 20.7. The number of aromatic nitrogens is 2. The number of rotatable bonds is 4. The quantitative estimate of drug-likeness (QED) is 0.415. The maximum absolute atomic E-state index is 13.1. The molecule has 0 radical (unpaired) electrons. The second-order valence-corrected chi connectivity index (χ2v) is 12.2. The number of carbonyl (C=O) groups is 1. The maximum atomic E-state index is 13.1. The van der Waals surface area contributed by atoms with Crippen molar-refractivity contribution in [3.63, 3.8) is 0 Å². The van der Waals surface area contributed by atoms with Gasteiger partial charge in [0, 0.05) is 23.2 Å². The molecule has 0 atom stereocenters. The van der Waals surface area contributed by atoms with Crippen LogP contribution in [0.4, 0.5) is 0 Å². The van der Waals surface area contributed by atoms with Gasteiger partial charge in [-0.2, -0.15) is 5.10 Å². The summed E-state index contributed by atoms with van der Waals surface area (Å²) in [5.41, 5.74) is 3.52. The number of para-hydroxylation sites is 1. The Morgan fingerprint density at radius 2 is 1.72 bits per heavy atom. The van der Waals surface area contributed by atoms with Gasteiger partial charge in [-0.1, -0.05) is 42.2 Å². The third-order valence-electron chi connectivity index (χ3n) is 7.93. The summed E-state index contributed by atoms with van der Waals surface area (Å²) in [6.45, 7) is 4.03. The molecule has 32 heavy (non-hydrogen) atoms. The number of amides is 1. The summed E-state index contributed by atoms with van der Waals surface area (Å²) in [4.78, 5) is 15.6. The third-order valence-corrected chi connectivity index (χ3v) is 9.26. The zero-order valence-electron chi connectivity index (χ0n) is 18.7. The topological polar surface area (TPSA) is 38.1 Å². The number of hydrogen-bond donors (Lipinski definition) is 0. The lowest BCUT2D eigenvalue weighted by atomic mass is 9.48. The molecule has 4 aliphatic carbocycles. The molecule has 2 heterocycles. The summed E-state index contributed by atoms with van der Waals surface area (Å²) in [5.74, 6) is 2.55. The number of thiocarbonyl (C=S) groups is 1. The monoisotopic (exact) mass is 463 g/mol. The van der Waals surface area contributed by atoms with E-state index in [1.54, 1.807) is 4.90 Å². The number of carbonyl (C=O) groups excluding carboxylic acids is 1. The normalized spacial score (nSPS) is 32.7. The second-order valence-electron chi connectivity index (χ2n) is 10.6. The van der Waals surface area contributed by atoms with E-state index in [0.29, 0.717) is 4.32 Å². The molecule has 166 valence electrons. The van der Waals surface area contributed by atoms with Crippen LogP contribution in [0.3, 0.4) is 0 Å². The molecule has 7 rings (SSSR count). The van der Waals surface area contributed by atoms with E-state index in [4.69, 9.17) is 17.3 Å². The highest BCUT2D eigenvalue weighted by molar-refractivity contribution is 8.26. The van der Waals surface area contributed by atoms with Crippen LogP contribution in [0.5, 0.6) is 0 Å². The molecule has 5 fully saturated rings. The standard InChI is InChI=1S/C26H29N3OS2/c1-16(2)29-24(30)22(32-25(29)31)11-20-15-28(21-6-4-3-5-7-21)27-23(20)26-12-17-8-18(13-26)10-19(9-17)14-26/h3-7,11,15-19H,8-10,12-14H2,1-2H3. The highest BCUT2D eigenvalue weighted by atomic mass is 32.2. The van der Waals surface area contributed by atoms with Crippen molar-refractivity contribution in [1.82, 2.24) is 14.7 Å². The highest BCUT2D eigenvalue weighted by Crippen LogP contribution is 2.61. The third kappa shape index (κ3) is 3.29. The first-order valence-corrected chi connectivity index (χ1v) is 13.1. The van der Waals surface area contributed by atoms with Crippen molar-refractivity contribution in [2.45, 2.75) is 63.8 Å². The molecule has 0 N–H and O–H groups in total. The average molecular weight is 464 g/mol. The molecule has 4 bridgehead atoms. The summed E-state index contributed by atoms with van der Waals surface area (Å²) >= 11 is 6.95. The predicted octanol–water partition coefficient (Wildman–Crippen LogP) is 5.95. The summed E-state index contributed by atoms with van der Waals surface area (Å²) < 4.78 is 2.67.